The van der Waals surface area contributed by atoms with Crippen molar-refractivity contribution in [1.82, 2.24) is 0 Å². The molecule has 0 aliphatic heterocycles. The van der Waals surface area contributed by atoms with Crippen LogP contribution >= 0.6 is 0 Å². The Morgan fingerprint density at radius 1 is 0.800 bits per heavy atom. The molecule has 0 aromatic heterocycles. The van der Waals surface area contributed by atoms with Crippen molar-refractivity contribution in [2.75, 3.05) is 0 Å². The molecule has 10 heavy (non-hydrogen) atoms. The summed E-state index contributed by atoms with van der Waals surface area (Å²) in [5.74, 6) is 0. The van der Waals surface area contributed by atoms with Crippen LogP contribution in [0, 0.1) is 10.2 Å². The first-order valence-corrected chi connectivity index (χ1v) is 0.952. The molecule has 0 heterocycles. The fraction of sp³-hybridized carbons (Fsp3) is 0. The van der Waals surface area contributed by atoms with Crippen LogP contribution in [-0.4, -0.2) is 222 Å². The first-order valence-electron chi connectivity index (χ1n) is 0.400. The van der Waals surface area contributed by atoms with Crippen LogP contribution in [-0.2, 0) is 16.0 Å². The van der Waals surface area contributed by atoms with E-state index >= 15 is 0 Å². The van der Waals surface area contributed by atoms with Crippen molar-refractivity contribution in [3.05, 3.63) is 0 Å². The van der Waals surface area contributed by atoms with E-state index in [9.17, 15) is 0 Å². The first-order chi connectivity index (χ1) is 1.41. The minimum atomic E-state index is 0. The molecule has 0 aromatic carbocycles. The Morgan fingerprint density at radius 3 is 0.800 bits per heavy atom. The average Bonchev–Trinajstić information content (AvgIpc) is 0.918. The second kappa shape index (κ2) is 58.2. The summed E-state index contributed by atoms with van der Waals surface area (Å²) < 4.78 is 0. The number of nitriles is 1. The molecule has 0 fully saturated rings. The van der Waals surface area contributed by atoms with Gasteiger partial charge in [0.1, 0.15) is 0 Å². The Morgan fingerprint density at radius 2 is 0.800 bits per heavy atom. The third-order valence-electron chi connectivity index (χ3n) is 0. The van der Waals surface area contributed by atoms with E-state index in [1.165, 1.54) is 4.97 Å². The SMILES string of the molecule is N#[C][Fe].O.O.O.[KH].[KH].[KH].[KH]. The quantitative estimate of drug-likeness (QED) is 0.409. The predicted octanol–water partition coefficient (Wildman–Crippen LogP) is -5.05. The first kappa shape index (κ1) is 55.0. The van der Waals surface area contributed by atoms with Crippen molar-refractivity contribution in [3.8, 4) is 4.97 Å². The molecule has 0 rings (SSSR count). The van der Waals surface area contributed by atoms with Crippen molar-refractivity contribution < 1.29 is 32.4 Å². The topological polar surface area (TPSA) is 118 Å². The maximum absolute atomic E-state index is 7.21. The molecule has 4 nitrogen and oxygen atoms in total. The van der Waals surface area contributed by atoms with Crippen LogP contribution in [0.25, 0.3) is 0 Å². The van der Waals surface area contributed by atoms with Gasteiger partial charge in [0.05, 0.1) is 0 Å². The average molecular weight is 296 g/mol. The van der Waals surface area contributed by atoms with Crippen molar-refractivity contribution in [1.29, 1.82) is 5.26 Å². The van der Waals surface area contributed by atoms with Crippen LogP contribution in [0.4, 0.5) is 0 Å². The second-order valence-electron chi connectivity index (χ2n) is 0.0791. The van der Waals surface area contributed by atoms with Crippen molar-refractivity contribution in [2.24, 2.45) is 0 Å². The number of rotatable bonds is 0. The van der Waals surface area contributed by atoms with Gasteiger partial charge in [-0.2, -0.15) is 0 Å². The molecule has 6 N–H and O–H groups in total. The number of nitrogens with zero attached hydrogens (tertiary/aromatic N) is 1. The molecular formula is CH10FeK4NO3. The zero-order chi connectivity index (χ0) is 2.71. The zero-order valence-electron chi connectivity index (χ0n) is 2.80. The van der Waals surface area contributed by atoms with Crippen molar-refractivity contribution in [3.63, 3.8) is 0 Å². The van der Waals surface area contributed by atoms with Gasteiger partial charge in [0.15, 0.2) is 0 Å². The van der Waals surface area contributed by atoms with Gasteiger partial charge in [-0.1, -0.05) is 0 Å². The van der Waals surface area contributed by atoms with Gasteiger partial charge < -0.3 is 16.4 Å². The second-order valence-corrected chi connectivity index (χ2v) is 0.326. The molecule has 0 aliphatic carbocycles. The van der Waals surface area contributed by atoms with E-state index in [1.807, 2.05) is 0 Å². The van der Waals surface area contributed by atoms with E-state index in [0.29, 0.717) is 0 Å². The number of hydrogen-bond donors (Lipinski definition) is 0. The molecule has 9 heteroatoms. The molecule has 0 spiro atoms. The monoisotopic (exact) mass is 296 g/mol. The van der Waals surface area contributed by atoms with E-state index in [0.717, 1.165) is 0 Å². The molecule has 0 saturated heterocycles. The van der Waals surface area contributed by atoms with Crippen molar-refractivity contribution >= 4 is 206 Å². The Bertz CT molecular complexity index is 42.0. The summed E-state index contributed by atoms with van der Waals surface area (Å²) in [6.07, 6.45) is 0. The summed E-state index contributed by atoms with van der Waals surface area (Å²) in [5, 5.41) is 7.21. The number of hydrogen-bond acceptors (Lipinski definition) is 1. The fourth-order valence-corrected chi connectivity index (χ4v) is 0. The van der Waals surface area contributed by atoms with Crippen LogP contribution in [0.2, 0.25) is 0 Å². The fourth-order valence-electron chi connectivity index (χ4n) is 0. The summed E-state index contributed by atoms with van der Waals surface area (Å²) in [7, 11) is 0. The molecule has 49 valence electrons. The normalized spacial score (nSPS) is 0.800. The summed E-state index contributed by atoms with van der Waals surface area (Å²) in [6.45, 7) is 0. The summed E-state index contributed by atoms with van der Waals surface area (Å²) in [6, 6.07) is 0. The third-order valence-corrected chi connectivity index (χ3v) is 0. The van der Waals surface area contributed by atoms with Gasteiger partial charge in [-0.05, 0) is 0 Å². The Balaban J connectivity index is -0.000000000952. The predicted molar refractivity (Wildman–Crippen MR) is 45.1 cm³/mol. The van der Waals surface area contributed by atoms with E-state index in [2.05, 4.69) is 16.0 Å². The standard InChI is InChI=1S/CN.Fe.4K.3H2O.4H/c1-2;;;;;;;;;;;;/h;;;;;;3*1H2;;;;. The molecule has 0 saturated carbocycles. The van der Waals surface area contributed by atoms with Gasteiger partial charge in [-0.3, -0.25) is 0 Å². The van der Waals surface area contributed by atoms with Crippen LogP contribution in [0.1, 0.15) is 0 Å². The van der Waals surface area contributed by atoms with Gasteiger partial charge in [0.2, 0.25) is 0 Å². The van der Waals surface area contributed by atoms with Gasteiger partial charge in [0.25, 0.3) is 0 Å². The molecule has 0 aromatic rings. The summed E-state index contributed by atoms with van der Waals surface area (Å²) in [5.41, 5.74) is 0. The third kappa shape index (κ3) is 62.9. The molecule has 0 unspecified atom stereocenters. The van der Waals surface area contributed by atoms with Crippen molar-refractivity contribution in [2.45, 2.75) is 0 Å². The summed E-state index contributed by atoms with van der Waals surface area (Å²) in [4.78, 5) is 1.50. The minimum absolute atomic E-state index is 0. The van der Waals surface area contributed by atoms with Crippen LogP contribution in [0.3, 0.4) is 0 Å². The molecule has 0 radical (unpaired) electrons. The Labute approximate surface area is 239 Å². The Hall–Kier alpha value is 6.43. The van der Waals surface area contributed by atoms with Crippen LogP contribution < -0.4 is 0 Å². The Kier molecular flexibility index (Phi) is 320. The maximum atomic E-state index is 7.21. The van der Waals surface area contributed by atoms with Crippen LogP contribution in [0.5, 0.6) is 0 Å². The van der Waals surface area contributed by atoms with E-state index in [-0.39, 0.29) is 222 Å². The van der Waals surface area contributed by atoms with E-state index in [4.69, 9.17) is 5.26 Å². The van der Waals surface area contributed by atoms with Gasteiger partial charge >= 0.3 is 232 Å². The van der Waals surface area contributed by atoms with Gasteiger partial charge in [-0.15, -0.1) is 0 Å². The molecule has 0 amide bonds. The summed E-state index contributed by atoms with van der Waals surface area (Å²) >= 11 is 2.79. The molecular weight excluding hydrogens is 286 g/mol. The van der Waals surface area contributed by atoms with Gasteiger partial charge in [0, 0.05) is 0 Å². The van der Waals surface area contributed by atoms with E-state index < -0.39 is 0 Å². The molecule has 0 atom stereocenters. The van der Waals surface area contributed by atoms with E-state index in [1.54, 1.807) is 0 Å². The molecule has 0 bridgehead atoms. The zero-order valence-corrected chi connectivity index (χ0v) is 3.90. The van der Waals surface area contributed by atoms with Gasteiger partial charge in [-0.25, -0.2) is 0 Å². The van der Waals surface area contributed by atoms with Crippen LogP contribution in [0.15, 0.2) is 0 Å². The molecule has 0 aliphatic rings.